The van der Waals surface area contributed by atoms with Crippen molar-refractivity contribution < 1.29 is 0 Å². The van der Waals surface area contributed by atoms with Gasteiger partial charge in [-0.3, -0.25) is 4.90 Å². The van der Waals surface area contributed by atoms with Crippen molar-refractivity contribution in [1.29, 1.82) is 0 Å². The number of hydrogen-bond donors (Lipinski definition) is 0. The van der Waals surface area contributed by atoms with Crippen molar-refractivity contribution in [3.63, 3.8) is 0 Å². The fraction of sp³-hybridized carbons (Fsp3) is 0.571. The third-order valence-electron chi connectivity index (χ3n) is 3.47. The van der Waals surface area contributed by atoms with E-state index in [1.54, 1.807) is 0 Å². The van der Waals surface area contributed by atoms with E-state index in [9.17, 15) is 0 Å². The Morgan fingerprint density at radius 2 is 1.88 bits per heavy atom. The molecule has 0 atom stereocenters. The molecule has 94 valence electrons. The van der Waals surface area contributed by atoms with Gasteiger partial charge in [0.2, 0.25) is 0 Å². The highest BCUT2D eigenvalue weighted by molar-refractivity contribution is 6.30. The minimum Gasteiger partial charge on any atom is -0.296 e. The predicted octanol–water partition coefficient (Wildman–Crippen LogP) is 4.32. The summed E-state index contributed by atoms with van der Waals surface area (Å²) in [5.41, 5.74) is 1.34. The Hall–Kier alpha value is -0.240. The molecule has 3 heteroatoms. The largest absolute Gasteiger partial charge is 0.296 e. The number of halogens is 2. The van der Waals surface area contributed by atoms with Gasteiger partial charge in [0, 0.05) is 23.5 Å². The lowest BCUT2D eigenvalue weighted by Gasteiger charge is -2.37. The summed E-state index contributed by atoms with van der Waals surface area (Å²) in [6.45, 7) is 2.13. The summed E-state index contributed by atoms with van der Waals surface area (Å²) in [6, 6.07) is 8.95. The number of benzene rings is 1. The Morgan fingerprint density at radius 3 is 2.41 bits per heavy atom. The second-order valence-corrected chi connectivity index (χ2v) is 5.54. The first-order valence-corrected chi connectivity index (χ1v) is 7.25. The lowest BCUT2D eigenvalue weighted by atomic mass is 9.91. The summed E-state index contributed by atoms with van der Waals surface area (Å²) in [6.07, 6.45) is 5.14. The quantitative estimate of drug-likeness (QED) is 0.697. The summed E-state index contributed by atoms with van der Waals surface area (Å²) >= 11 is 11.7. The standard InChI is InChI=1S/C14H19Cl2N/c15-9-2-10-17(14-3-1-4-14)11-12-5-7-13(16)8-6-12/h5-8,14H,1-4,9-11H2. The minimum atomic E-state index is 0.754. The first kappa shape index (κ1) is 13.2. The van der Waals surface area contributed by atoms with Gasteiger partial charge in [0.1, 0.15) is 0 Å². The third kappa shape index (κ3) is 3.87. The topological polar surface area (TPSA) is 3.24 Å². The highest BCUT2D eigenvalue weighted by Crippen LogP contribution is 2.26. The van der Waals surface area contributed by atoms with Gasteiger partial charge in [-0.15, -0.1) is 11.6 Å². The van der Waals surface area contributed by atoms with Gasteiger partial charge >= 0.3 is 0 Å². The average molecular weight is 272 g/mol. The van der Waals surface area contributed by atoms with Gasteiger partial charge in [0.05, 0.1) is 0 Å². The summed E-state index contributed by atoms with van der Waals surface area (Å²) in [7, 11) is 0. The van der Waals surface area contributed by atoms with Gasteiger partial charge < -0.3 is 0 Å². The Balaban J connectivity index is 1.93. The number of nitrogens with zero attached hydrogens (tertiary/aromatic N) is 1. The summed E-state index contributed by atoms with van der Waals surface area (Å²) < 4.78 is 0. The lowest BCUT2D eigenvalue weighted by molar-refractivity contribution is 0.120. The molecule has 0 amide bonds. The van der Waals surface area contributed by atoms with E-state index in [0.717, 1.165) is 36.5 Å². The van der Waals surface area contributed by atoms with Crippen LogP contribution in [0.3, 0.4) is 0 Å². The van der Waals surface area contributed by atoms with Gasteiger partial charge in [0.25, 0.3) is 0 Å². The van der Waals surface area contributed by atoms with Crippen molar-refractivity contribution in [3.8, 4) is 0 Å². The number of hydrogen-bond acceptors (Lipinski definition) is 1. The molecule has 2 rings (SSSR count). The molecule has 1 aliphatic rings. The molecule has 1 saturated carbocycles. The first-order chi connectivity index (χ1) is 8.29. The van der Waals surface area contributed by atoms with Gasteiger partial charge in [-0.1, -0.05) is 30.2 Å². The molecule has 0 heterocycles. The Morgan fingerprint density at radius 1 is 1.18 bits per heavy atom. The Labute approximate surface area is 114 Å². The van der Waals surface area contributed by atoms with Crippen molar-refractivity contribution in [2.75, 3.05) is 12.4 Å². The molecular weight excluding hydrogens is 253 g/mol. The zero-order chi connectivity index (χ0) is 12.1. The van der Waals surface area contributed by atoms with Crippen LogP contribution < -0.4 is 0 Å². The molecule has 0 N–H and O–H groups in total. The third-order valence-corrected chi connectivity index (χ3v) is 3.99. The van der Waals surface area contributed by atoms with Crippen LogP contribution in [0.2, 0.25) is 5.02 Å². The first-order valence-electron chi connectivity index (χ1n) is 6.34. The van der Waals surface area contributed by atoms with E-state index in [2.05, 4.69) is 17.0 Å². The Bertz CT molecular complexity index is 333. The van der Waals surface area contributed by atoms with E-state index in [-0.39, 0.29) is 0 Å². The van der Waals surface area contributed by atoms with Gasteiger partial charge in [-0.25, -0.2) is 0 Å². The van der Waals surface area contributed by atoms with Crippen LogP contribution >= 0.6 is 23.2 Å². The van der Waals surface area contributed by atoms with Gasteiger partial charge in [-0.05, 0) is 43.5 Å². The van der Waals surface area contributed by atoms with Crippen LogP contribution in [-0.4, -0.2) is 23.4 Å². The fourth-order valence-electron chi connectivity index (χ4n) is 2.23. The van der Waals surface area contributed by atoms with Crippen LogP contribution in [0.1, 0.15) is 31.2 Å². The second-order valence-electron chi connectivity index (χ2n) is 4.72. The average Bonchev–Trinajstić information content (AvgIpc) is 2.26. The molecule has 0 aromatic heterocycles. The van der Waals surface area contributed by atoms with Crippen molar-refractivity contribution in [2.24, 2.45) is 0 Å². The maximum Gasteiger partial charge on any atom is 0.0406 e. The molecule has 0 bridgehead atoms. The molecule has 0 radical (unpaired) electrons. The summed E-state index contributed by atoms with van der Waals surface area (Å²) in [4.78, 5) is 2.56. The smallest absolute Gasteiger partial charge is 0.0406 e. The van der Waals surface area contributed by atoms with E-state index in [1.807, 2.05) is 12.1 Å². The zero-order valence-electron chi connectivity index (χ0n) is 10.0. The highest BCUT2D eigenvalue weighted by atomic mass is 35.5. The van der Waals surface area contributed by atoms with Gasteiger partial charge in [-0.2, -0.15) is 0 Å². The molecule has 17 heavy (non-hydrogen) atoms. The fourth-order valence-corrected chi connectivity index (χ4v) is 2.48. The van der Waals surface area contributed by atoms with Gasteiger partial charge in [0.15, 0.2) is 0 Å². The molecule has 0 aliphatic heterocycles. The number of rotatable bonds is 6. The summed E-state index contributed by atoms with van der Waals surface area (Å²) in [5, 5.41) is 0.810. The van der Waals surface area contributed by atoms with E-state index in [4.69, 9.17) is 23.2 Å². The van der Waals surface area contributed by atoms with Crippen molar-refractivity contribution in [3.05, 3.63) is 34.9 Å². The second kappa shape index (κ2) is 6.63. The monoisotopic (exact) mass is 271 g/mol. The Kier molecular flexibility index (Phi) is 5.15. The van der Waals surface area contributed by atoms with Crippen molar-refractivity contribution in [2.45, 2.75) is 38.3 Å². The molecule has 1 aliphatic carbocycles. The molecule has 1 nitrogen and oxygen atoms in total. The van der Waals surface area contributed by atoms with Crippen LogP contribution in [-0.2, 0) is 6.54 Å². The van der Waals surface area contributed by atoms with Crippen molar-refractivity contribution in [1.82, 2.24) is 4.90 Å². The highest BCUT2D eigenvalue weighted by Gasteiger charge is 2.24. The number of alkyl halides is 1. The van der Waals surface area contributed by atoms with Crippen LogP contribution in [0.15, 0.2) is 24.3 Å². The van der Waals surface area contributed by atoms with E-state index < -0.39 is 0 Å². The van der Waals surface area contributed by atoms with Crippen LogP contribution in [0.5, 0.6) is 0 Å². The van der Waals surface area contributed by atoms with E-state index in [1.165, 1.54) is 24.8 Å². The van der Waals surface area contributed by atoms with Crippen LogP contribution in [0.25, 0.3) is 0 Å². The van der Waals surface area contributed by atoms with Crippen LogP contribution in [0.4, 0.5) is 0 Å². The maximum atomic E-state index is 5.90. The van der Waals surface area contributed by atoms with E-state index in [0.29, 0.717) is 0 Å². The van der Waals surface area contributed by atoms with Crippen molar-refractivity contribution >= 4 is 23.2 Å². The SMILES string of the molecule is ClCCCN(Cc1ccc(Cl)cc1)C1CCC1. The predicted molar refractivity (Wildman–Crippen MR) is 74.8 cm³/mol. The normalized spacial score (nSPS) is 16.2. The molecule has 1 aromatic carbocycles. The molecule has 0 unspecified atom stereocenters. The molecule has 0 spiro atoms. The molecule has 1 aromatic rings. The van der Waals surface area contributed by atoms with E-state index >= 15 is 0 Å². The summed E-state index contributed by atoms with van der Waals surface area (Å²) in [5.74, 6) is 0.754. The molecule has 0 saturated heterocycles. The molecule has 1 fully saturated rings. The van der Waals surface area contributed by atoms with Crippen LogP contribution in [0, 0.1) is 0 Å². The minimum absolute atomic E-state index is 0.754. The molecular formula is C14H19Cl2N. The zero-order valence-corrected chi connectivity index (χ0v) is 11.6. The lowest BCUT2D eigenvalue weighted by Crippen LogP contribution is -2.40. The maximum absolute atomic E-state index is 5.90.